The van der Waals surface area contributed by atoms with E-state index in [2.05, 4.69) is 33.8 Å². The van der Waals surface area contributed by atoms with Gasteiger partial charge in [-0.3, -0.25) is 9.69 Å². The summed E-state index contributed by atoms with van der Waals surface area (Å²) in [6, 6.07) is 6.22. The molecule has 1 atom stereocenters. The number of hydrogen-bond donors (Lipinski definition) is 1. The number of amides is 1. The van der Waals surface area contributed by atoms with Gasteiger partial charge in [-0.15, -0.1) is 0 Å². The van der Waals surface area contributed by atoms with E-state index in [4.69, 9.17) is 0 Å². The number of carbonyl (C=O) groups excluding carboxylic acids is 2. The van der Waals surface area contributed by atoms with Crippen LogP contribution in [0.1, 0.15) is 55.5 Å². The van der Waals surface area contributed by atoms with Gasteiger partial charge in [-0.1, -0.05) is 12.2 Å². The van der Waals surface area contributed by atoms with Crippen LogP contribution in [-0.4, -0.2) is 73.3 Å². The van der Waals surface area contributed by atoms with Crippen LogP contribution in [0, 0.1) is 5.92 Å². The van der Waals surface area contributed by atoms with E-state index in [0.717, 1.165) is 61.9 Å². The number of anilines is 1. The number of piperidine rings is 1. The maximum atomic E-state index is 13.1. The van der Waals surface area contributed by atoms with E-state index in [1.807, 2.05) is 17.9 Å². The predicted molar refractivity (Wildman–Crippen MR) is 129 cm³/mol. The molecule has 1 N–H and O–H groups in total. The second-order valence-corrected chi connectivity index (χ2v) is 9.86. The van der Waals surface area contributed by atoms with Crippen molar-refractivity contribution in [3.05, 3.63) is 41.5 Å². The van der Waals surface area contributed by atoms with Gasteiger partial charge in [0.15, 0.2) is 0 Å². The lowest BCUT2D eigenvalue weighted by Crippen LogP contribution is -2.48. The van der Waals surface area contributed by atoms with E-state index in [1.54, 1.807) is 6.92 Å². The Morgan fingerprint density at radius 2 is 1.88 bits per heavy atom. The third-order valence-corrected chi connectivity index (χ3v) is 7.35. The van der Waals surface area contributed by atoms with Crippen LogP contribution >= 0.6 is 0 Å². The highest BCUT2D eigenvalue weighted by Gasteiger charge is 2.33. The first-order valence-corrected chi connectivity index (χ1v) is 12.2. The molecule has 0 bridgehead atoms. The zero-order valence-electron chi connectivity index (χ0n) is 19.7. The Kier molecular flexibility index (Phi) is 7.31. The Hall–Kier alpha value is -2.18. The summed E-state index contributed by atoms with van der Waals surface area (Å²) in [5.41, 5.74) is 4.05. The van der Waals surface area contributed by atoms with Crippen LogP contribution in [0.2, 0.25) is 0 Å². The van der Waals surface area contributed by atoms with Crippen molar-refractivity contribution in [3.8, 4) is 0 Å². The molecule has 0 saturated carbocycles. The number of hydrogen-bond acceptors (Lipinski definition) is 5. The fraction of sp³-hybridized carbons (Fsp3) is 0.615. The van der Waals surface area contributed by atoms with Crippen LogP contribution in [0.5, 0.6) is 0 Å². The van der Waals surface area contributed by atoms with E-state index < -0.39 is 0 Å². The summed E-state index contributed by atoms with van der Waals surface area (Å²) >= 11 is 0. The van der Waals surface area contributed by atoms with Gasteiger partial charge in [-0.25, -0.2) is 0 Å². The number of nitrogens with one attached hydrogen (secondary N) is 1. The maximum absolute atomic E-state index is 13.1. The molecule has 2 saturated heterocycles. The average Bonchev–Trinajstić information content (AvgIpc) is 3.10. The van der Waals surface area contributed by atoms with Gasteiger partial charge in [0.05, 0.1) is 6.04 Å². The summed E-state index contributed by atoms with van der Waals surface area (Å²) in [5.74, 6) is 1.06. The topological polar surface area (TPSA) is 55.9 Å². The van der Waals surface area contributed by atoms with Crippen molar-refractivity contribution in [1.82, 2.24) is 15.1 Å². The second kappa shape index (κ2) is 10.2. The fourth-order valence-corrected chi connectivity index (χ4v) is 5.40. The van der Waals surface area contributed by atoms with Gasteiger partial charge in [0.1, 0.15) is 5.78 Å². The third kappa shape index (κ3) is 5.24. The van der Waals surface area contributed by atoms with Gasteiger partial charge in [0.25, 0.3) is 5.91 Å². The van der Waals surface area contributed by atoms with Crippen LogP contribution in [0.15, 0.2) is 30.4 Å². The molecule has 0 radical (unpaired) electrons. The molecule has 6 heteroatoms. The Balaban J connectivity index is 1.37. The summed E-state index contributed by atoms with van der Waals surface area (Å²) < 4.78 is 0. The van der Waals surface area contributed by atoms with Crippen LogP contribution in [0.4, 0.5) is 5.69 Å². The maximum Gasteiger partial charge on any atom is 0.255 e. The van der Waals surface area contributed by atoms with Crippen molar-refractivity contribution in [2.24, 2.45) is 5.92 Å². The van der Waals surface area contributed by atoms with Crippen molar-refractivity contribution >= 4 is 17.4 Å². The van der Waals surface area contributed by atoms with E-state index in [9.17, 15) is 9.59 Å². The lowest BCUT2D eigenvalue weighted by Gasteiger charge is -2.38. The van der Waals surface area contributed by atoms with Crippen LogP contribution < -0.4 is 10.2 Å². The SMILES string of the molecule is C=C(C)C(CCC(C)=O)N1Cc2cc(N3CCN(CC4CCNCC4)CC3)ccc2C1=O. The van der Waals surface area contributed by atoms with Crippen molar-refractivity contribution < 1.29 is 9.59 Å². The van der Waals surface area contributed by atoms with Crippen LogP contribution in [0.3, 0.4) is 0 Å². The zero-order chi connectivity index (χ0) is 22.7. The Morgan fingerprint density at radius 3 is 2.53 bits per heavy atom. The number of benzene rings is 1. The monoisotopic (exact) mass is 438 g/mol. The molecule has 0 aromatic heterocycles. The Morgan fingerprint density at radius 1 is 1.16 bits per heavy atom. The molecule has 6 nitrogen and oxygen atoms in total. The fourth-order valence-electron chi connectivity index (χ4n) is 5.40. The highest BCUT2D eigenvalue weighted by atomic mass is 16.2. The lowest BCUT2D eigenvalue weighted by atomic mass is 9.97. The largest absolute Gasteiger partial charge is 0.369 e. The highest BCUT2D eigenvalue weighted by Crippen LogP contribution is 2.32. The van der Waals surface area contributed by atoms with E-state index in [0.29, 0.717) is 19.4 Å². The van der Waals surface area contributed by atoms with Gasteiger partial charge in [0.2, 0.25) is 0 Å². The van der Waals surface area contributed by atoms with Crippen molar-refractivity contribution in [2.75, 3.05) is 50.7 Å². The van der Waals surface area contributed by atoms with Gasteiger partial charge in [-0.2, -0.15) is 0 Å². The molecule has 3 aliphatic rings. The smallest absolute Gasteiger partial charge is 0.255 e. The molecule has 3 aliphatic heterocycles. The van der Waals surface area contributed by atoms with Crippen molar-refractivity contribution in [1.29, 1.82) is 0 Å². The molecule has 1 aromatic carbocycles. The summed E-state index contributed by atoms with van der Waals surface area (Å²) in [7, 11) is 0. The molecule has 32 heavy (non-hydrogen) atoms. The number of nitrogens with zero attached hydrogens (tertiary/aromatic N) is 3. The van der Waals surface area contributed by atoms with Gasteiger partial charge in [-0.05, 0) is 75.9 Å². The second-order valence-electron chi connectivity index (χ2n) is 9.86. The number of Topliss-reactive ketones (excluding diaryl/α,β-unsaturated/α-hetero) is 1. The van der Waals surface area contributed by atoms with Gasteiger partial charge in [0, 0.05) is 56.9 Å². The molecule has 0 spiro atoms. The standard InChI is InChI=1S/C26H38N4O2/c1-19(2)25(7-4-20(3)31)30-18-22-16-23(5-6-24(22)26(30)32)29-14-12-28(13-15-29)17-21-8-10-27-11-9-21/h5-6,16,21,25,27H,1,4,7-15,17-18H2,2-3H3. The first-order chi connectivity index (χ1) is 15.4. The van der Waals surface area contributed by atoms with Crippen molar-refractivity contribution in [3.63, 3.8) is 0 Å². The van der Waals surface area contributed by atoms with E-state index >= 15 is 0 Å². The molecule has 3 heterocycles. The summed E-state index contributed by atoms with van der Waals surface area (Å²) in [6.45, 7) is 16.1. The summed E-state index contributed by atoms with van der Waals surface area (Å²) in [4.78, 5) is 31.6. The molecule has 2 fully saturated rings. The molecule has 0 aliphatic carbocycles. The van der Waals surface area contributed by atoms with Gasteiger partial charge < -0.3 is 19.9 Å². The van der Waals surface area contributed by atoms with Crippen LogP contribution in [-0.2, 0) is 11.3 Å². The van der Waals surface area contributed by atoms with E-state index in [-0.39, 0.29) is 17.7 Å². The number of rotatable bonds is 8. The Labute approximate surface area is 192 Å². The molecular formula is C26H38N4O2. The number of fused-ring (bicyclic) bond motifs is 1. The Bertz CT molecular complexity index is 853. The molecule has 1 unspecified atom stereocenters. The molecule has 4 rings (SSSR count). The van der Waals surface area contributed by atoms with Crippen LogP contribution in [0.25, 0.3) is 0 Å². The minimum Gasteiger partial charge on any atom is -0.369 e. The number of piperazine rings is 1. The first-order valence-electron chi connectivity index (χ1n) is 12.2. The lowest BCUT2D eigenvalue weighted by molar-refractivity contribution is -0.117. The first kappa shape index (κ1) is 23.0. The molecule has 1 aromatic rings. The molecular weight excluding hydrogens is 400 g/mol. The average molecular weight is 439 g/mol. The summed E-state index contributed by atoms with van der Waals surface area (Å²) in [6.07, 6.45) is 3.72. The predicted octanol–water partition coefficient (Wildman–Crippen LogP) is 3.08. The zero-order valence-corrected chi connectivity index (χ0v) is 19.7. The quantitative estimate of drug-likeness (QED) is 0.632. The highest BCUT2D eigenvalue weighted by molar-refractivity contribution is 5.99. The van der Waals surface area contributed by atoms with E-state index in [1.165, 1.54) is 25.1 Å². The van der Waals surface area contributed by atoms with Gasteiger partial charge >= 0.3 is 0 Å². The minimum absolute atomic E-state index is 0.0647. The third-order valence-electron chi connectivity index (χ3n) is 7.35. The molecule has 174 valence electrons. The van der Waals surface area contributed by atoms with Crippen molar-refractivity contribution in [2.45, 2.75) is 52.1 Å². The number of carbonyl (C=O) groups is 2. The summed E-state index contributed by atoms with van der Waals surface area (Å²) in [5, 5.41) is 3.46. The normalized spacial score (nSPS) is 21.0. The minimum atomic E-state index is -0.0826. The number of ketones is 1. The molecule has 1 amide bonds.